The van der Waals surface area contributed by atoms with Crippen LogP contribution in [0.15, 0.2) is 71.3 Å². The summed E-state index contributed by atoms with van der Waals surface area (Å²) in [6, 6.07) is 18.4. The van der Waals surface area contributed by atoms with Crippen molar-refractivity contribution in [2.45, 2.75) is 18.4 Å². The van der Waals surface area contributed by atoms with Crippen LogP contribution >= 0.6 is 0 Å². The van der Waals surface area contributed by atoms with Crippen molar-refractivity contribution in [1.29, 1.82) is 0 Å². The van der Waals surface area contributed by atoms with Gasteiger partial charge in [-0.25, -0.2) is 0 Å². The Morgan fingerprint density at radius 1 is 1.04 bits per heavy atom. The van der Waals surface area contributed by atoms with Crippen LogP contribution in [-0.4, -0.2) is 17.6 Å². The average molecular weight is 349 g/mol. The third kappa shape index (κ3) is 2.86. The zero-order valence-electron chi connectivity index (χ0n) is 14.3. The smallest absolute Gasteiger partial charge is 0.232 e. The van der Waals surface area contributed by atoms with Crippen molar-refractivity contribution in [1.82, 2.24) is 5.32 Å². The standard InChI is InChI=1S/C21H19NO4/c1-21(24,18-11-6-12-25-18)13-22-20(23)19-14-7-2-4-9-16(14)26-17-10-5-3-8-15(17)19/h2-12,19,24H,13H2,1H3,(H,22,23). The molecule has 0 aliphatic carbocycles. The molecule has 4 rings (SSSR count). The van der Waals surface area contributed by atoms with Gasteiger partial charge in [-0.1, -0.05) is 36.4 Å². The topological polar surface area (TPSA) is 71.7 Å². The maximum absolute atomic E-state index is 13.0. The summed E-state index contributed by atoms with van der Waals surface area (Å²) in [6.45, 7) is 1.65. The first-order valence-corrected chi connectivity index (χ1v) is 8.46. The fourth-order valence-corrected chi connectivity index (χ4v) is 3.23. The van der Waals surface area contributed by atoms with E-state index in [0.717, 1.165) is 11.1 Å². The van der Waals surface area contributed by atoms with E-state index in [1.165, 1.54) is 6.26 Å². The zero-order valence-corrected chi connectivity index (χ0v) is 14.3. The van der Waals surface area contributed by atoms with Crippen LogP contribution in [0.3, 0.4) is 0 Å². The van der Waals surface area contributed by atoms with Gasteiger partial charge in [0.2, 0.25) is 5.91 Å². The molecule has 1 unspecified atom stereocenters. The lowest BCUT2D eigenvalue weighted by Gasteiger charge is -2.28. The van der Waals surface area contributed by atoms with Gasteiger partial charge in [-0.05, 0) is 31.2 Å². The van der Waals surface area contributed by atoms with E-state index in [0.29, 0.717) is 17.3 Å². The second-order valence-electron chi connectivity index (χ2n) is 6.58. The second kappa shape index (κ2) is 6.35. The van der Waals surface area contributed by atoms with E-state index in [4.69, 9.17) is 9.15 Å². The van der Waals surface area contributed by atoms with Gasteiger partial charge in [-0.2, -0.15) is 0 Å². The van der Waals surface area contributed by atoms with Gasteiger partial charge in [0.15, 0.2) is 0 Å². The number of hydrogen-bond acceptors (Lipinski definition) is 4. The maximum Gasteiger partial charge on any atom is 0.232 e. The van der Waals surface area contributed by atoms with Crippen molar-refractivity contribution < 1.29 is 19.1 Å². The molecule has 2 N–H and O–H groups in total. The predicted molar refractivity (Wildman–Crippen MR) is 96.1 cm³/mol. The summed E-state index contributed by atoms with van der Waals surface area (Å²) in [7, 11) is 0. The third-order valence-corrected chi connectivity index (χ3v) is 4.60. The highest BCUT2D eigenvalue weighted by molar-refractivity contribution is 5.89. The lowest BCUT2D eigenvalue weighted by Crippen LogP contribution is -2.41. The van der Waals surface area contributed by atoms with Crippen molar-refractivity contribution in [2.24, 2.45) is 0 Å². The number of carbonyl (C=O) groups is 1. The number of furan rings is 1. The van der Waals surface area contributed by atoms with Gasteiger partial charge in [0.25, 0.3) is 0 Å². The van der Waals surface area contributed by atoms with Crippen LogP contribution < -0.4 is 10.1 Å². The van der Waals surface area contributed by atoms with Crippen LogP contribution in [0.2, 0.25) is 0 Å². The Kier molecular flexibility index (Phi) is 4.01. The molecule has 132 valence electrons. The molecule has 2 aromatic carbocycles. The molecule has 1 aliphatic heterocycles. The monoisotopic (exact) mass is 349 g/mol. The summed E-state index contributed by atoms with van der Waals surface area (Å²) >= 11 is 0. The van der Waals surface area contributed by atoms with Crippen LogP contribution in [0.1, 0.15) is 29.7 Å². The van der Waals surface area contributed by atoms with Crippen molar-refractivity contribution in [3.8, 4) is 11.5 Å². The molecule has 26 heavy (non-hydrogen) atoms. The zero-order chi connectivity index (χ0) is 18.1. The van der Waals surface area contributed by atoms with E-state index in [1.807, 2.05) is 48.5 Å². The minimum absolute atomic E-state index is 0.0427. The third-order valence-electron chi connectivity index (χ3n) is 4.60. The predicted octanol–water partition coefficient (Wildman–Crippen LogP) is 3.54. The highest BCUT2D eigenvalue weighted by Crippen LogP contribution is 2.43. The molecule has 0 radical (unpaired) electrons. The number of hydrogen-bond donors (Lipinski definition) is 2. The highest BCUT2D eigenvalue weighted by Gasteiger charge is 2.34. The summed E-state index contributed by atoms with van der Waals surface area (Å²) in [4.78, 5) is 13.0. The second-order valence-corrected chi connectivity index (χ2v) is 6.58. The first kappa shape index (κ1) is 16.4. The molecular formula is C21H19NO4. The number of amides is 1. The molecule has 0 fully saturated rings. The average Bonchev–Trinajstić information content (AvgIpc) is 3.20. The number of nitrogens with one attached hydrogen (secondary N) is 1. The molecule has 5 nitrogen and oxygen atoms in total. The summed E-state index contributed by atoms with van der Waals surface area (Å²) in [5.41, 5.74) is 0.325. The summed E-state index contributed by atoms with van der Waals surface area (Å²) < 4.78 is 11.2. The van der Waals surface area contributed by atoms with Crippen LogP contribution in [-0.2, 0) is 10.4 Å². The normalized spacial score (nSPS) is 15.3. The lowest BCUT2D eigenvalue weighted by atomic mass is 9.87. The SMILES string of the molecule is CC(O)(CNC(=O)C1c2ccccc2Oc2ccccc21)c1ccco1. The number of ether oxygens (including phenoxy) is 1. The quantitative estimate of drug-likeness (QED) is 0.756. The van der Waals surface area contributed by atoms with Gasteiger partial charge in [0.1, 0.15) is 22.9 Å². The Morgan fingerprint density at radius 3 is 2.23 bits per heavy atom. The minimum Gasteiger partial charge on any atom is -0.466 e. The van der Waals surface area contributed by atoms with Gasteiger partial charge in [-0.3, -0.25) is 4.79 Å². The molecule has 5 heteroatoms. The largest absolute Gasteiger partial charge is 0.466 e. The Balaban J connectivity index is 1.62. The maximum atomic E-state index is 13.0. The molecule has 0 saturated carbocycles. The summed E-state index contributed by atoms with van der Waals surface area (Å²) in [5, 5.41) is 13.4. The van der Waals surface area contributed by atoms with Gasteiger partial charge in [-0.15, -0.1) is 0 Å². The van der Waals surface area contributed by atoms with Crippen LogP contribution in [0.5, 0.6) is 11.5 Å². The van der Waals surface area contributed by atoms with Crippen LogP contribution in [0, 0.1) is 0 Å². The molecule has 1 aliphatic rings. The summed E-state index contributed by atoms with van der Waals surface area (Å²) in [6.07, 6.45) is 1.50. The first-order chi connectivity index (χ1) is 12.6. The number of aliphatic hydroxyl groups is 1. The first-order valence-electron chi connectivity index (χ1n) is 8.46. The molecule has 3 aromatic rings. The molecule has 1 amide bonds. The number of fused-ring (bicyclic) bond motifs is 2. The minimum atomic E-state index is -1.29. The fraction of sp³-hybridized carbons (Fsp3) is 0.190. The van der Waals surface area contributed by atoms with Gasteiger partial charge < -0.3 is 19.6 Å². The molecule has 0 bridgehead atoms. The molecule has 0 saturated heterocycles. The Hall–Kier alpha value is -3.05. The van der Waals surface area contributed by atoms with Crippen molar-refractivity contribution in [3.63, 3.8) is 0 Å². The van der Waals surface area contributed by atoms with E-state index < -0.39 is 11.5 Å². The van der Waals surface area contributed by atoms with Gasteiger partial charge in [0, 0.05) is 11.1 Å². The van der Waals surface area contributed by atoms with Crippen molar-refractivity contribution >= 4 is 5.91 Å². The lowest BCUT2D eigenvalue weighted by molar-refractivity contribution is -0.123. The van der Waals surface area contributed by atoms with Crippen molar-refractivity contribution in [2.75, 3.05) is 6.54 Å². The van der Waals surface area contributed by atoms with E-state index in [1.54, 1.807) is 19.1 Å². The van der Waals surface area contributed by atoms with Gasteiger partial charge >= 0.3 is 0 Å². The van der Waals surface area contributed by atoms with E-state index in [2.05, 4.69) is 5.32 Å². The molecule has 0 spiro atoms. The number of rotatable bonds is 4. The Morgan fingerprint density at radius 2 is 1.65 bits per heavy atom. The molecule has 1 atom stereocenters. The molecular weight excluding hydrogens is 330 g/mol. The highest BCUT2D eigenvalue weighted by atomic mass is 16.5. The molecule has 1 aromatic heterocycles. The summed E-state index contributed by atoms with van der Waals surface area (Å²) in [5.74, 6) is 1.06. The van der Waals surface area contributed by atoms with E-state index in [-0.39, 0.29) is 12.5 Å². The van der Waals surface area contributed by atoms with Crippen LogP contribution in [0.4, 0.5) is 0 Å². The Bertz CT molecular complexity index is 885. The molecule has 2 heterocycles. The Labute approximate surface area is 151 Å². The number of para-hydroxylation sites is 2. The van der Waals surface area contributed by atoms with E-state index >= 15 is 0 Å². The van der Waals surface area contributed by atoms with Crippen LogP contribution in [0.25, 0.3) is 0 Å². The number of carbonyl (C=O) groups excluding carboxylic acids is 1. The fourth-order valence-electron chi connectivity index (χ4n) is 3.23. The van der Waals surface area contributed by atoms with Gasteiger partial charge in [0.05, 0.1) is 18.7 Å². The number of benzene rings is 2. The van der Waals surface area contributed by atoms with Crippen molar-refractivity contribution in [3.05, 3.63) is 83.8 Å². The van der Waals surface area contributed by atoms with E-state index in [9.17, 15) is 9.90 Å².